The molecular weight excluding hydrogens is 446 g/mol. The maximum atomic E-state index is 12.9. The molecule has 1 aliphatic heterocycles. The van der Waals surface area contributed by atoms with Gasteiger partial charge in [0, 0.05) is 49.2 Å². The van der Waals surface area contributed by atoms with Gasteiger partial charge in [0.25, 0.3) is 5.56 Å². The molecule has 0 aromatic carbocycles. The third kappa shape index (κ3) is 6.00. The Labute approximate surface area is 196 Å². The Morgan fingerprint density at radius 2 is 2.06 bits per heavy atom. The molecule has 10 heteroatoms. The average Bonchev–Trinajstić information content (AvgIpc) is 3.08. The van der Waals surface area contributed by atoms with Crippen molar-refractivity contribution in [3.05, 3.63) is 49.8 Å². The summed E-state index contributed by atoms with van der Waals surface area (Å²) in [5, 5.41) is 19.5. The maximum absolute atomic E-state index is 12.9. The smallest absolute Gasteiger partial charge is 0.410 e. The van der Waals surface area contributed by atoms with E-state index < -0.39 is 23.7 Å². The van der Waals surface area contributed by atoms with Crippen LogP contribution in [0, 0.1) is 12.8 Å². The molecule has 0 spiro atoms. The summed E-state index contributed by atoms with van der Waals surface area (Å²) in [5.74, 6) is -1.29. The number of aliphatic hydroxyl groups is 1. The zero-order valence-electron chi connectivity index (χ0n) is 19.4. The van der Waals surface area contributed by atoms with Gasteiger partial charge in [0.1, 0.15) is 10.6 Å². The van der Waals surface area contributed by atoms with Crippen LogP contribution in [0.4, 0.5) is 4.79 Å². The number of aromatic carboxylic acids is 1. The predicted molar refractivity (Wildman–Crippen MR) is 124 cm³/mol. The highest BCUT2D eigenvalue weighted by molar-refractivity contribution is 7.11. The van der Waals surface area contributed by atoms with E-state index in [1.165, 1.54) is 34.2 Å². The van der Waals surface area contributed by atoms with Gasteiger partial charge in [0.2, 0.25) is 0 Å². The van der Waals surface area contributed by atoms with Gasteiger partial charge < -0.3 is 24.4 Å². The molecule has 9 nitrogen and oxygen atoms in total. The summed E-state index contributed by atoms with van der Waals surface area (Å²) < 4.78 is 6.97. The third-order valence-electron chi connectivity index (χ3n) is 5.54. The molecule has 1 aliphatic rings. The maximum Gasteiger partial charge on any atom is 0.410 e. The zero-order valence-corrected chi connectivity index (χ0v) is 20.2. The lowest BCUT2D eigenvalue weighted by atomic mass is 9.90. The van der Waals surface area contributed by atoms with Crippen molar-refractivity contribution >= 4 is 23.4 Å². The number of piperidine rings is 1. The third-order valence-corrected chi connectivity index (χ3v) is 6.83. The van der Waals surface area contributed by atoms with Crippen molar-refractivity contribution in [3.63, 3.8) is 0 Å². The number of hydrogen-bond donors (Lipinski definition) is 2. The molecule has 180 valence electrons. The van der Waals surface area contributed by atoms with E-state index in [1.807, 2.05) is 27.7 Å². The lowest BCUT2D eigenvalue weighted by molar-refractivity contribution is 0.0143. The highest BCUT2D eigenvalue weighted by Crippen LogP contribution is 2.36. The molecule has 1 amide bonds. The number of carbonyl (C=O) groups excluding carboxylic acids is 1. The number of carboxylic acids is 1. The quantitative estimate of drug-likeness (QED) is 0.656. The fourth-order valence-corrected chi connectivity index (χ4v) is 5.31. The molecule has 0 saturated carbocycles. The van der Waals surface area contributed by atoms with Gasteiger partial charge in [-0.3, -0.25) is 4.79 Å². The van der Waals surface area contributed by atoms with Gasteiger partial charge in [0.15, 0.2) is 0 Å². The molecule has 33 heavy (non-hydrogen) atoms. The van der Waals surface area contributed by atoms with Crippen molar-refractivity contribution in [2.75, 3.05) is 19.7 Å². The van der Waals surface area contributed by atoms with E-state index >= 15 is 0 Å². The largest absolute Gasteiger partial charge is 0.478 e. The van der Waals surface area contributed by atoms with Crippen LogP contribution >= 0.6 is 11.3 Å². The van der Waals surface area contributed by atoms with E-state index in [2.05, 4.69) is 0 Å². The average molecular weight is 478 g/mol. The van der Waals surface area contributed by atoms with Crippen molar-refractivity contribution in [2.24, 2.45) is 5.92 Å². The number of thiazole rings is 1. The first-order chi connectivity index (χ1) is 15.5. The van der Waals surface area contributed by atoms with E-state index in [9.17, 15) is 24.6 Å². The van der Waals surface area contributed by atoms with Crippen LogP contribution in [0.15, 0.2) is 23.1 Å². The number of aryl methyl sites for hydroxylation is 1. The normalized spacial score (nSPS) is 17.6. The number of hydrogen-bond acceptors (Lipinski definition) is 7. The second-order valence-electron chi connectivity index (χ2n) is 9.28. The van der Waals surface area contributed by atoms with Gasteiger partial charge in [-0.15, -0.1) is 11.3 Å². The number of pyridine rings is 1. The molecule has 0 bridgehead atoms. The van der Waals surface area contributed by atoms with Crippen LogP contribution in [-0.2, 0) is 11.2 Å². The monoisotopic (exact) mass is 477 g/mol. The van der Waals surface area contributed by atoms with Crippen LogP contribution in [0.25, 0.3) is 0 Å². The van der Waals surface area contributed by atoms with Crippen LogP contribution in [0.5, 0.6) is 0 Å². The fourth-order valence-electron chi connectivity index (χ4n) is 4.07. The molecule has 3 heterocycles. The molecule has 1 fully saturated rings. The second-order valence-corrected chi connectivity index (χ2v) is 10.4. The van der Waals surface area contributed by atoms with Crippen LogP contribution in [-0.4, -0.2) is 62.0 Å². The number of ether oxygens (including phenoxy) is 1. The van der Waals surface area contributed by atoms with E-state index in [0.717, 1.165) is 23.4 Å². The summed E-state index contributed by atoms with van der Waals surface area (Å²) in [6.07, 6.45) is 2.86. The van der Waals surface area contributed by atoms with Crippen LogP contribution < -0.4 is 5.56 Å². The number of nitrogens with zero attached hydrogens (tertiary/aromatic N) is 3. The summed E-state index contributed by atoms with van der Waals surface area (Å²) in [6.45, 7) is 8.18. The van der Waals surface area contributed by atoms with Gasteiger partial charge in [-0.25, -0.2) is 14.6 Å². The minimum Gasteiger partial charge on any atom is -0.478 e. The Bertz CT molecular complexity index is 1070. The second kappa shape index (κ2) is 10.0. The summed E-state index contributed by atoms with van der Waals surface area (Å²) in [4.78, 5) is 44.4. The lowest BCUT2D eigenvalue weighted by Crippen LogP contribution is -2.45. The first-order valence-electron chi connectivity index (χ1n) is 11.0. The minimum atomic E-state index is -1.13. The van der Waals surface area contributed by atoms with Gasteiger partial charge in [-0.1, -0.05) is 0 Å². The van der Waals surface area contributed by atoms with Crippen LogP contribution in [0.2, 0.25) is 0 Å². The number of likely N-dealkylation sites (tertiary alicyclic amines) is 1. The minimum absolute atomic E-state index is 0.00303. The van der Waals surface area contributed by atoms with E-state index in [1.54, 1.807) is 4.90 Å². The van der Waals surface area contributed by atoms with Gasteiger partial charge in [0.05, 0.1) is 17.3 Å². The van der Waals surface area contributed by atoms with Gasteiger partial charge in [-0.2, -0.15) is 0 Å². The fraction of sp³-hybridized carbons (Fsp3) is 0.565. The SMILES string of the molecule is Cc1nc([C@@H]([C@H]2CCCN(C(=O)OC(C)(C)C)C2)n2cc(C(=O)O)ccc2=O)sc1CCO. The topological polar surface area (TPSA) is 122 Å². The van der Waals surface area contributed by atoms with Crippen molar-refractivity contribution in [1.29, 1.82) is 0 Å². The van der Waals surface area contributed by atoms with E-state index in [0.29, 0.717) is 24.5 Å². The lowest BCUT2D eigenvalue weighted by Gasteiger charge is -2.37. The highest BCUT2D eigenvalue weighted by atomic mass is 32.1. The standard InChI is InChI=1S/C23H31N3O6S/c1-14-17(9-11-27)33-20(24-14)19(26-13-16(21(29)30)7-8-18(26)28)15-6-5-10-25(12-15)22(31)32-23(2,3)4/h7-8,13,15,19,27H,5-6,9-12H2,1-4H3,(H,29,30)/t15-,19+/m0/s1. The molecular formula is C23H31N3O6S. The summed E-state index contributed by atoms with van der Waals surface area (Å²) in [7, 11) is 0. The Morgan fingerprint density at radius 1 is 1.33 bits per heavy atom. The van der Waals surface area contributed by atoms with Crippen molar-refractivity contribution in [3.8, 4) is 0 Å². The summed E-state index contributed by atoms with van der Waals surface area (Å²) in [6, 6.07) is 1.99. The molecule has 2 atom stereocenters. The first kappa shape index (κ1) is 24.9. The number of carbonyl (C=O) groups is 2. The van der Waals surface area contributed by atoms with Crippen molar-refractivity contribution in [1.82, 2.24) is 14.5 Å². The number of carboxylic acid groups (broad SMARTS) is 1. The molecule has 0 aliphatic carbocycles. The highest BCUT2D eigenvalue weighted by Gasteiger charge is 2.35. The molecule has 1 saturated heterocycles. The molecule has 0 radical (unpaired) electrons. The summed E-state index contributed by atoms with van der Waals surface area (Å²) >= 11 is 1.41. The van der Waals surface area contributed by atoms with Crippen molar-refractivity contribution < 1.29 is 24.5 Å². The summed E-state index contributed by atoms with van der Waals surface area (Å²) in [5.41, 5.74) is -0.183. The molecule has 0 unspecified atom stereocenters. The van der Waals surface area contributed by atoms with Crippen LogP contribution in [0.1, 0.15) is 65.6 Å². The van der Waals surface area contributed by atoms with Crippen molar-refractivity contribution in [2.45, 2.75) is 58.6 Å². The Morgan fingerprint density at radius 3 is 2.70 bits per heavy atom. The Hall–Kier alpha value is -2.72. The zero-order chi connectivity index (χ0) is 24.3. The Balaban J connectivity index is 2.03. The molecule has 3 rings (SSSR count). The van der Waals surface area contributed by atoms with Gasteiger partial charge >= 0.3 is 12.1 Å². The number of rotatable bonds is 6. The molecule has 2 aromatic rings. The Kier molecular flexibility index (Phi) is 7.58. The number of aliphatic hydroxyl groups excluding tert-OH is 1. The van der Waals surface area contributed by atoms with Crippen LogP contribution in [0.3, 0.4) is 0 Å². The van der Waals surface area contributed by atoms with E-state index in [4.69, 9.17) is 9.72 Å². The number of amides is 1. The molecule has 2 aromatic heterocycles. The first-order valence-corrected chi connectivity index (χ1v) is 11.8. The molecule has 2 N–H and O–H groups in total. The van der Waals surface area contributed by atoms with E-state index in [-0.39, 0.29) is 23.6 Å². The van der Waals surface area contributed by atoms with Gasteiger partial charge in [-0.05, 0) is 46.6 Å². The number of aromatic nitrogens is 2. The predicted octanol–water partition coefficient (Wildman–Crippen LogP) is 3.08.